The van der Waals surface area contributed by atoms with Crippen molar-refractivity contribution in [2.45, 2.75) is 25.2 Å². The molecule has 1 unspecified atom stereocenters. The molecule has 3 rings (SSSR count). The molecule has 0 heterocycles. The Kier molecular flexibility index (Phi) is 2.24. The van der Waals surface area contributed by atoms with E-state index in [0.29, 0.717) is 6.42 Å². The van der Waals surface area contributed by atoms with E-state index < -0.39 is 0 Å². The number of carbonyl (C=O) groups is 1. The van der Waals surface area contributed by atoms with Crippen LogP contribution in [0.5, 0.6) is 0 Å². The van der Waals surface area contributed by atoms with Gasteiger partial charge in [0, 0.05) is 17.9 Å². The van der Waals surface area contributed by atoms with Gasteiger partial charge in [-0.3, -0.25) is 4.79 Å². The third-order valence-electron chi connectivity index (χ3n) is 3.44. The van der Waals surface area contributed by atoms with Crippen LogP contribution in [0.1, 0.15) is 29.9 Å². The van der Waals surface area contributed by atoms with Gasteiger partial charge in [-0.15, -0.1) is 0 Å². The molecule has 0 saturated heterocycles. The first-order valence-corrected chi connectivity index (χ1v) is 5.75. The average molecular weight is 209 g/mol. The maximum atomic E-state index is 11.8. The SMILES string of the molecule is O=C1CC=C[C]=C1C1CCc2ccccc21. The van der Waals surface area contributed by atoms with Crippen LogP contribution in [0.4, 0.5) is 0 Å². The van der Waals surface area contributed by atoms with Crippen LogP contribution >= 0.6 is 0 Å². The zero-order valence-corrected chi connectivity index (χ0v) is 9.07. The van der Waals surface area contributed by atoms with E-state index in [-0.39, 0.29) is 11.7 Å². The highest BCUT2D eigenvalue weighted by molar-refractivity contribution is 5.98. The molecule has 1 nitrogen and oxygen atoms in total. The summed E-state index contributed by atoms with van der Waals surface area (Å²) in [6.45, 7) is 0. The van der Waals surface area contributed by atoms with Gasteiger partial charge < -0.3 is 0 Å². The van der Waals surface area contributed by atoms with Crippen molar-refractivity contribution in [3.05, 3.63) is 59.2 Å². The lowest BCUT2D eigenvalue weighted by Crippen LogP contribution is -2.11. The van der Waals surface area contributed by atoms with Gasteiger partial charge in [0.05, 0.1) is 0 Å². The minimum absolute atomic E-state index is 0.240. The van der Waals surface area contributed by atoms with Crippen molar-refractivity contribution < 1.29 is 4.79 Å². The van der Waals surface area contributed by atoms with Crippen LogP contribution in [0.3, 0.4) is 0 Å². The molecule has 1 aromatic carbocycles. The number of hydrogen-bond acceptors (Lipinski definition) is 1. The third-order valence-corrected chi connectivity index (χ3v) is 3.44. The summed E-state index contributed by atoms with van der Waals surface area (Å²) in [5.74, 6) is 0.526. The summed E-state index contributed by atoms with van der Waals surface area (Å²) in [6.07, 6.45) is 9.59. The van der Waals surface area contributed by atoms with Crippen molar-refractivity contribution in [3.63, 3.8) is 0 Å². The standard InChI is InChI=1S/C15H13O/c16-15-8-4-3-7-14(15)13-10-9-11-5-1-2-6-12(11)13/h1-6,13H,8-10H2. The van der Waals surface area contributed by atoms with Crippen LogP contribution in [0.2, 0.25) is 0 Å². The maximum Gasteiger partial charge on any atom is 0.163 e. The molecule has 1 aromatic rings. The van der Waals surface area contributed by atoms with Crippen molar-refractivity contribution in [1.29, 1.82) is 0 Å². The van der Waals surface area contributed by atoms with E-state index in [1.807, 2.05) is 12.2 Å². The molecule has 0 saturated carbocycles. The average Bonchev–Trinajstić information content (AvgIpc) is 2.74. The molecule has 79 valence electrons. The van der Waals surface area contributed by atoms with Crippen LogP contribution in [-0.4, -0.2) is 5.78 Å². The molecule has 0 amide bonds. The Balaban J connectivity index is 2.01. The molecule has 0 fully saturated rings. The first kappa shape index (κ1) is 9.59. The van der Waals surface area contributed by atoms with Crippen molar-refractivity contribution in [2.75, 3.05) is 0 Å². The number of aryl methyl sites for hydroxylation is 1. The van der Waals surface area contributed by atoms with E-state index in [9.17, 15) is 4.79 Å². The molecule has 2 aliphatic carbocycles. The molecule has 0 spiro atoms. The lowest BCUT2D eigenvalue weighted by atomic mass is 9.87. The van der Waals surface area contributed by atoms with E-state index in [0.717, 1.165) is 18.4 Å². The van der Waals surface area contributed by atoms with Gasteiger partial charge in [-0.05, 0) is 30.0 Å². The van der Waals surface area contributed by atoms with Gasteiger partial charge in [0.1, 0.15) is 0 Å². The largest absolute Gasteiger partial charge is 0.294 e. The van der Waals surface area contributed by atoms with Crippen molar-refractivity contribution in [1.82, 2.24) is 0 Å². The second-order valence-corrected chi connectivity index (χ2v) is 4.38. The fourth-order valence-corrected chi connectivity index (χ4v) is 2.66. The van der Waals surface area contributed by atoms with Gasteiger partial charge in [-0.2, -0.15) is 0 Å². The molecule has 1 radical (unpaired) electrons. The second kappa shape index (κ2) is 3.75. The van der Waals surface area contributed by atoms with Crippen LogP contribution in [0.15, 0.2) is 42.0 Å². The topological polar surface area (TPSA) is 17.1 Å². The Morgan fingerprint density at radius 2 is 2.12 bits per heavy atom. The Hall–Kier alpha value is -1.63. The second-order valence-electron chi connectivity index (χ2n) is 4.38. The number of fused-ring (bicyclic) bond motifs is 1. The number of carbonyl (C=O) groups excluding carboxylic acids is 1. The van der Waals surface area contributed by atoms with E-state index in [2.05, 4.69) is 30.3 Å². The molecule has 0 N–H and O–H groups in total. The van der Waals surface area contributed by atoms with Crippen molar-refractivity contribution >= 4 is 5.78 Å². The predicted molar refractivity (Wildman–Crippen MR) is 63.0 cm³/mol. The Labute approximate surface area is 95.5 Å². The number of hydrogen-bond donors (Lipinski definition) is 0. The van der Waals surface area contributed by atoms with E-state index in [1.54, 1.807) is 0 Å². The van der Waals surface area contributed by atoms with Gasteiger partial charge in [0.15, 0.2) is 5.78 Å². The number of rotatable bonds is 1. The summed E-state index contributed by atoms with van der Waals surface area (Å²) in [5, 5.41) is 0. The summed E-state index contributed by atoms with van der Waals surface area (Å²) in [5.41, 5.74) is 3.60. The van der Waals surface area contributed by atoms with Crippen LogP contribution < -0.4 is 0 Å². The summed E-state index contributed by atoms with van der Waals surface area (Å²) >= 11 is 0. The van der Waals surface area contributed by atoms with E-state index in [1.165, 1.54) is 11.1 Å². The zero-order valence-electron chi connectivity index (χ0n) is 9.07. The predicted octanol–water partition coefficient (Wildman–Crippen LogP) is 2.97. The number of Topliss-reactive ketones (excluding diaryl/α,β-unsaturated/α-hetero) is 1. The van der Waals surface area contributed by atoms with Gasteiger partial charge in [-0.1, -0.05) is 36.4 Å². The van der Waals surface area contributed by atoms with Crippen LogP contribution in [0.25, 0.3) is 0 Å². The maximum absolute atomic E-state index is 11.8. The molecular weight excluding hydrogens is 196 g/mol. The van der Waals surface area contributed by atoms with Gasteiger partial charge in [0.25, 0.3) is 0 Å². The van der Waals surface area contributed by atoms with Crippen LogP contribution in [0, 0.1) is 6.08 Å². The third kappa shape index (κ3) is 1.44. The molecule has 2 aliphatic rings. The molecule has 0 aromatic heterocycles. The lowest BCUT2D eigenvalue weighted by molar-refractivity contribution is -0.115. The number of ketones is 1. The summed E-state index contributed by atoms with van der Waals surface area (Å²) in [6, 6.07) is 8.44. The number of allylic oxidation sites excluding steroid dienone is 4. The Morgan fingerprint density at radius 3 is 3.00 bits per heavy atom. The highest BCUT2D eigenvalue weighted by Gasteiger charge is 2.28. The summed E-state index contributed by atoms with van der Waals surface area (Å²) < 4.78 is 0. The number of benzene rings is 1. The molecule has 0 aliphatic heterocycles. The normalized spacial score (nSPS) is 23.1. The fraction of sp³-hybridized carbons (Fsp3) is 0.267. The minimum atomic E-state index is 0.240. The smallest absolute Gasteiger partial charge is 0.163 e. The minimum Gasteiger partial charge on any atom is -0.294 e. The zero-order chi connectivity index (χ0) is 11.0. The lowest BCUT2D eigenvalue weighted by Gasteiger charge is -2.15. The van der Waals surface area contributed by atoms with Crippen molar-refractivity contribution in [2.24, 2.45) is 0 Å². The summed E-state index contributed by atoms with van der Waals surface area (Å²) in [4.78, 5) is 11.8. The van der Waals surface area contributed by atoms with E-state index in [4.69, 9.17) is 0 Å². The summed E-state index contributed by atoms with van der Waals surface area (Å²) in [7, 11) is 0. The first-order chi connectivity index (χ1) is 7.86. The van der Waals surface area contributed by atoms with E-state index >= 15 is 0 Å². The first-order valence-electron chi connectivity index (χ1n) is 5.75. The Bertz CT molecular complexity index is 494. The fourth-order valence-electron chi connectivity index (χ4n) is 2.66. The van der Waals surface area contributed by atoms with Gasteiger partial charge in [0.2, 0.25) is 0 Å². The molecular formula is C15H13O. The van der Waals surface area contributed by atoms with Gasteiger partial charge in [-0.25, -0.2) is 0 Å². The molecule has 1 heteroatoms. The van der Waals surface area contributed by atoms with Crippen molar-refractivity contribution in [3.8, 4) is 0 Å². The highest BCUT2D eigenvalue weighted by atomic mass is 16.1. The quantitative estimate of drug-likeness (QED) is 0.695. The molecule has 16 heavy (non-hydrogen) atoms. The molecule has 1 atom stereocenters. The Morgan fingerprint density at radius 1 is 1.25 bits per heavy atom. The monoisotopic (exact) mass is 209 g/mol. The molecule has 0 bridgehead atoms. The highest BCUT2D eigenvalue weighted by Crippen LogP contribution is 2.39. The van der Waals surface area contributed by atoms with Crippen LogP contribution in [-0.2, 0) is 11.2 Å². The van der Waals surface area contributed by atoms with Gasteiger partial charge >= 0.3 is 0 Å².